The highest BCUT2D eigenvalue weighted by Crippen LogP contribution is 2.38. The Morgan fingerprint density at radius 1 is 0.243 bits per heavy atom. The average molecular weight is 925 g/mol. The van der Waals surface area contributed by atoms with Crippen molar-refractivity contribution in [1.82, 2.24) is 0 Å². The number of rotatable bonds is 0. The molecule has 0 spiro atoms. The van der Waals surface area contributed by atoms with Crippen LogP contribution in [0, 0.1) is 0 Å². The Balaban J connectivity index is 1.12. The van der Waals surface area contributed by atoms with Crippen molar-refractivity contribution in [2.45, 2.75) is 77.4 Å². The molecule has 3 aliphatic rings. The Morgan fingerprint density at radius 2 is 0.414 bits per heavy atom. The van der Waals surface area contributed by atoms with E-state index in [0.717, 1.165) is 66.8 Å². The fourth-order valence-corrected chi connectivity index (χ4v) is 11.0. The van der Waals surface area contributed by atoms with Crippen LogP contribution in [0.4, 0.5) is 0 Å². The molecule has 20 bridgehead atoms. The minimum Gasteiger partial charge on any atom is -0.507 e. The lowest BCUT2D eigenvalue weighted by Crippen LogP contribution is -2.15. The number of carbonyl (C=O) groups excluding carboxylic acids is 2. The number of cyclic esters (lactones) is 2. The SMILES string of the molecule is O=C1Cc2c3cccc2Cc2cccc(c2O)Cc2cccc(c2CC(=O)OCc2c4cccc2Cc2cccc(c2O)Cc2cccc(c2CO1)Cc1cccc(c1O)C4)Cc1cccc(c1O)C3. The van der Waals surface area contributed by atoms with Crippen LogP contribution in [0.3, 0.4) is 0 Å². The monoisotopic (exact) mass is 924 g/mol. The van der Waals surface area contributed by atoms with Gasteiger partial charge in [0.25, 0.3) is 0 Å². The van der Waals surface area contributed by atoms with Gasteiger partial charge in [0.2, 0.25) is 0 Å². The molecule has 70 heavy (non-hydrogen) atoms. The van der Waals surface area contributed by atoms with Gasteiger partial charge in [-0.05, 0) is 111 Å². The van der Waals surface area contributed by atoms with Crippen LogP contribution in [0.5, 0.6) is 23.0 Å². The number of esters is 2. The molecule has 0 atom stereocenters. The second kappa shape index (κ2) is 18.8. The second-order valence-corrected chi connectivity index (χ2v) is 19.0. The fourth-order valence-electron chi connectivity index (χ4n) is 11.0. The van der Waals surface area contributed by atoms with Crippen molar-refractivity contribution >= 4 is 11.9 Å². The zero-order chi connectivity index (χ0) is 47.9. The number of hydrogen-bond acceptors (Lipinski definition) is 8. The van der Waals surface area contributed by atoms with Gasteiger partial charge < -0.3 is 29.9 Å². The minimum absolute atomic E-state index is 0.0524. The van der Waals surface area contributed by atoms with E-state index in [0.29, 0.717) is 95.9 Å². The van der Waals surface area contributed by atoms with Gasteiger partial charge in [-0.25, -0.2) is 0 Å². The summed E-state index contributed by atoms with van der Waals surface area (Å²) in [4.78, 5) is 29.0. The zero-order valence-electron chi connectivity index (χ0n) is 38.8. The first kappa shape index (κ1) is 44.4. The van der Waals surface area contributed by atoms with E-state index in [-0.39, 0.29) is 49.1 Å². The van der Waals surface area contributed by atoms with Crippen LogP contribution in [0.25, 0.3) is 0 Å². The molecule has 8 heteroatoms. The van der Waals surface area contributed by atoms with Crippen molar-refractivity contribution in [1.29, 1.82) is 0 Å². The number of para-hydroxylation sites is 4. The van der Waals surface area contributed by atoms with Gasteiger partial charge in [-0.3, -0.25) is 9.59 Å². The molecule has 1 heterocycles. The molecule has 0 amide bonds. The lowest BCUT2D eigenvalue weighted by Gasteiger charge is -2.21. The Labute approximate surface area is 407 Å². The predicted octanol–water partition coefficient (Wildman–Crippen LogP) is 10.7. The Morgan fingerprint density at radius 3 is 0.614 bits per heavy atom. The Kier molecular flexibility index (Phi) is 11.9. The van der Waals surface area contributed by atoms with Gasteiger partial charge >= 0.3 is 11.9 Å². The lowest BCUT2D eigenvalue weighted by molar-refractivity contribution is -0.145. The highest BCUT2D eigenvalue weighted by Gasteiger charge is 2.25. The first-order valence-corrected chi connectivity index (χ1v) is 24.0. The molecule has 11 rings (SSSR count). The van der Waals surface area contributed by atoms with E-state index in [1.54, 1.807) is 0 Å². The van der Waals surface area contributed by atoms with Crippen LogP contribution < -0.4 is 0 Å². The van der Waals surface area contributed by atoms with Crippen molar-refractivity contribution < 1.29 is 39.5 Å². The van der Waals surface area contributed by atoms with E-state index in [2.05, 4.69) is 0 Å². The van der Waals surface area contributed by atoms with Crippen LogP contribution in [-0.4, -0.2) is 32.4 Å². The molecule has 348 valence electrons. The van der Waals surface area contributed by atoms with Gasteiger partial charge in [0.05, 0.1) is 12.8 Å². The summed E-state index contributed by atoms with van der Waals surface area (Å²) in [5.41, 5.74) is 15.5. The summed E-state index contributed by atoms with van der Waals surface area (Å²) in [6.07, 6.45) is 2.54. The Hall–Kier alpha value is -8.10. The number of fused-ring (bicyclic) bond motifs is 4. The molecule has 8 aromatic carbocycles. The fraction of sp³-hybridized carbons (Fsp3) is 0.194. The predicted molar refractivity (Wildman–Crippen MR) is 268 cm³/mol. The summed E-state index contributed by atoms with van der Waals surface area (Å²) in [7, 11) is 0. The maximum absolute atomic E-state index is 14.5. The van der Waals surface area contributed by atoms with Gasteiger partial charge in [0.1, 0.15) is 36.2 Å². The van der Waals surface area contributed by atoms with Crippen molar-refractivity contribution in [2.24, 2.45) is 0 Å². The Bertz CT molecular complexity index is 2990. The van der Waals surface area contributed by atoms with Gasteiger partial charge in [-0.2, -0.15) is 0 Å². The number of hydrogen-bond donors (Lipinski definition) is 4. The summed E-state index contributed by atoms with van der Waals surface area (Å²) in [6.45, 7) is -0.105. The molecular weight excluding hydrogens is 873 g/mol. The quantitative estimate of drug-likeness (QED) is 0.111. The topological polar surface area (TPSA) is 134 Å². The van der Waals surface area contributed by atoms with Crippen LogP contribution in [-0.2, 0) is 96.5 Å². The second-order valence-electron chi connectivity index (χ2n) is 19.0. The van der Waals surface area contributed by atoms with Gasteiger partial charge in [-0.15, -0.1) is 0 Å². The maximum atomic E-state index is 14.5. The number of aromatic hydroxyl groups is 4. The first-order chi connectivity index (χ1) is 34.1. The van der Waals surface area contributed by atoms with Crippen LogP contribution in [0.2, 0.25) is 0 Å². The van der Waals surface area contributed by atoms with E-state index in [9.17, 15) is 30.0 Å². The van der Waals surface area contributed by atoms with Crippen LogP contribution in [0.15, 0.2) is 146 Å². The normalized spacial score (nSPS) is 14.7. The van der Waals surface area contributed by atoms with E-state index in [4.69, 9.17) is 9.47 Å². The largest absolute Gasteiger partial charge is 0.507 e. The molecule has 0 unspecified atom stereocenters. The summed E-state index contributed by atoms with van der Waals surface area (Å²) >= 11 is 0. The number of phenols is 4. The molecule has 2 aliphatic carbocycles. The molecule has 0 radical (unpaired) electrons. The molecule has 8 aromatic rings. The van der Waals surface area contributed by atoms with Crippen LogP contribution in [0.1, 0.15) is 111 Å². The molecule has 0 fully saturated rings. The van der Waals surface area contributed by atoms with E-state index >= 15 is 0 Å². The first-order valence-electron chi connectivity index (χ1n) is 24.0. The standard InChI is InChI=1S/C62H52O8/c63-57-33-53-37-9-1-10-38(53)26-46-18-6-20-48(60(46)66)28-40-12-2-11-39(27-47-19-5-17-45(25-37)59(47)65)54(40)34-58(64)70-36-56-43-15-4-16-44(56)32-52-24-8-22-50(62(52)68)30-42-14-3-13-41(55(42)35-69-57)29-49-21-7-23-51(31-43)61(49)67/h1-24,65-68H,25-36H2. The minimum atomic E-state index is -0.445. The summed E-state index contributed by atoms with van der Waals surface area (Å²) in [6, 6.07) is 46.7. The molecular formula is C62H52O8. The van der Waals surface area contributed by atoms with Gasteiger partial charge in [-0.1, -0.05) is 146 Å². The highest BCUT2D eigenvalue weighted by atomic mass is 16.5. The third-order valence-electron chi connectivity index (χ3n) is 14.7. The summed E-state index contributed by atoms with van der Waals surface area (Å²) in [5.74, 6) is -0.250. The molecule has 1 aliphatic heterocycles. The zero-order valence-corrected chi connectivity index (χ0v) is 38.8. The molecule has 4 N–H and O–H groups in total. The van der Waals surface area contributed by atoms with Crippen molar-refractivity contribution in [3.05, 3.63) is 257 Å². The van der Waals surface area contributed by atoms with E-state index in [1.165, 1.54) is 0 Å². The molecule has 8 nitrogen and oxygen atoms in total. The third kappa shape index (κ3) is 8.77. The summed E-state index contributed by atoms with van der Waals surface area (Å²) < 4.78 is 12.7. The van der Waals surface area contributed by atoms with E-state index < -0.39 is 11.9 Å². The van der Waals surface area contributed by atoms with Gasteiger partial charge in [0, 0.05) is 51.4 Å². The van der Waals surface area contributed by atoms with E-state index in [1.807, 2.05) is 146 Å². The summed E-state index contributed by atoms with van der Waals surface area (Å²) in [5, 5.41) is 48.2. The smallest absolute Gasteiger partial charge is 0.310 e. The molecule has 0 saturated heterocycles. The van der Waals surface area contributed by atoms with Crippen molar-refractivity contribution in [3.63, 3.8) is 0 Å². The van der Waals surface area contributed by atoms with Gasteiger partial charge in [0.15, 0.2) is 0 Å². The van der Waals surface area contributed by atoms with Crippen molar-refractivity contribution in [3.8, 4) is 23.0 Å². The molecule has 0 aromatic heterocycles. The number of carbonyl (C=O) groups is 2. The number of phenolic OH excluding ortho intramolecular Hbond substituents is 4. The van der Waals surface area contributed by atoms with Crippen molar-refractivity contribution in [2.75, 3.05) is 0 Å². The number of ether oxygens (including phenoxy) is 2. The molecule has 0 saturated carbocycles. The number of benzene rings is 8. The lowest BCUT2D eigenvalue weighted by atomic mass is 9.86. The maximum Gasteiger partial charge on any atom is 0.310 e. The highest BCUT2D eigenvalue weighted by molar-refractivity contribution is 5.75. The van der Waals surface area contributed by atoms with Crippen LogP contribution >= 0.6 is 0 Å². The third-order valence-corrected chi connectivity index (χ3v) is 14.7. The average Bonchev–Trinajstić information content (AvgIpc) is 3.34.